The molecule has 1 aromatic rings. The number of hydrogen-bond acceptors (Lipinski definition) is 4. The number of carbonyl (C=O) groups is 1. The Labute approximate surface area is 155 Å². The van der Waals surface area contributed by atoms with Crippen LogP contribution >= 0.6 is 11.6 Å². The first kappa shape index (κ1) is 20.2. The fraction of sp³-hybridized carbons (Fsp3) is 0.588. The van der Waals surface area contributed by atoms with Crippen molar-refractivity contribution in [3.63, 3.8) is 0 Å². The quantitative estimate of drug-likeness (QED) is 0.863. The van der Waals surface area contributed by atoms with Crippen molar-refractivity contribution in [3.8, 4) is 0 Å². The zero-order valence-electron chi connectivity index (χ0n) is 15.2. The van der Waals surface area contributed by atoms with Crippen LogP contribution in [0, 0.1) is 0 Å². The van der Waals surface area contributed by atoms with Gasteiger partial charge in [0.1, 0.15) is 4.90 Å². The molecule has 1 saturated heterocycles. The van der Waals surface area contributed by atoms with Gasteiger partial charge in [-0.1, -0.05) is 11.6 Å². The molecule has 6 nitrogen and oxygen atoms in total. The number of sulfonamides is 1. The number of halogens is 1. The van der Waals surface area contributed by atoms with Crippen LogP contribution < -0.4 is 4.72 Å². The summed E-state index contributed by atoms with van der Waals surface area (Å²) in [5.41, 5.74) is -0.305. The van der Waals surface area contributed by atoms with Crippen molar-refractivity contribution >= 4 is 27.5 Å². The second-order valence-electron chi connectivity index (χ2n) is 7.45. The fourth-order valence-electron chi connectivity index (χ4n) is 2.73. The van der Waals surface area contributed by atoms with Crippen molar-refractivity contribution < 1.29 is 13.2 Å². The lowest BCUT2D eigenvalue weighted by molar-refractivity contribution is 0.0762. The Bertz CT molecular complexity index is 744. The largest absolute Gasteiger partial charge is 0.337 e. The molecule has 0 radical (unpaired) electrons. The number of hydrogen-bond donors (Lipinski definition) is 1. The molecule has 0 atom stereocenters. The first-order valence-corrected chi connectivity index (χ1v) is 10.2. The molecule has 8 heteroatoms. The number of rotatable bonds is 3. The lowest BCUT2D eigenvalue weighted by atomic mass is 10.1. The Hall–Kier alpha value is -1.15. The average molecular weight is 388 g/mol. The Morgan fingerprint density at radius 3 is 2.48 bits per heavy atom. The van der Waals surface area contributed by atoms with Gasteiger partial charge in [0.15, 0.2) is 0 Å². The average Bonchev–Trinajstić information content (AvgIpc) is 2.69. The molecule has 25 heavy (non-hydrogen) atoms. The van der Waals surface area contributed by atoms with Gasteiger partial charge in [-0.05, 0) is 59.0 Å². The molecule has 140 valence electrons. The zero-order chi connectivity index (χ0) is 18.8. The summed E-state index contributed by atoms with van der Waals surface area (Å²) in [4.78, 5) is 16.7. The second kappa shape index (κ2) is 7.61. The maximum atomic E-state index is 12.8. The maximum Gasteiger partial charge on any atom is 0.253 e. The third kappa shape index (κ3) is 5.41. The standard InChI is InChI=1S/C17H26ClN3O3S/c1-17(2,3)19-25(23,24)15-12-13(6-7-14(15)18)16(22)21-9-5-8-20(4)10-11-21/h6-7,12,19H,5,8-11H2,1-4H3. The van der Waals surface area contributed by atoms with Gasteiger partial charge < -0.3 is 9.80 Å². The van der Waals surface area contributed by atoms with Gasteiger partial charge in [0.2, 0.25) is 10.0 Å². The highest BCUT2D eigenvalue weighted by atomic mass is 35.5. The van der Waals surface area contributed by atoms with Crippen molar-refractivity contribution in [2.24, 2.45) is 0 Å². The topological polar surface area (TPSA) is 69.7 Å². The van der Waals surface area contributed by atoms with Crippen molar-refractivity contribution in [1.82, 2.24) is 14.5 Å². The van der Waals surface area contributed by atoms with E-state index in [0.29, 0.717) is 18.7 Å². The van der Waals surface area contributed by atoms with Crippen LogP contribution in [-0.2, 0) is 10.0 Å². The fourth-order valence-corrected chi connectivity index (χ4v) is 4.68. The first-order valence-electron chi connectivity index (χ1n) is 8.31. The summed E-state index contributed by atoms with van der Waals surface area (Å²) in [6.07, 6.45) is 0.895. The predicted octanol–water partition coefficient (Wildman–Crippen LogP) is 2.19. The minimum atomic E-state index is -3.81. The third-order valence-corrected chi connectivity index (χ3v) is 6.15. The molecule has 1 aliphatic heterocycles. The maximum absolute atomic E-state index is 12.8. The molecule has 0 aliphatic carbocycles. The molecule has 1 fully saturated rings. The van der Waals surface area contributed by atoms with E-state index in [4.69, 9.17) is 11.6 Å². The Morgan fingerprint density at radius 1 is 1.16 bits per heavy atom. The molecular formula is C17H26ClN3O3S. The normalized spacial score (nSPS) is 17.4. The van der Waals surface area contributed by atoms with Crippen LogP contribution in [0.4, 0.5) is 0 Å². The van der Waals surface area contributed by atoms with Crippen molar-refractivity contribution in [3.05, 3.63) is 28.8 Å². The van der Waals surface area contributed by atoms with E-state index in [0.717, 1.165) is 19.5 Å². The van der Waals surface area contributed by atoms with E-state index in [2.05, 4.69) is 9.62 Å². The van der Waals surface area contributed by atoms with E-state index >= 15 is 0 Å². The van der Waals surface area contributed by atoms with E-state index in [1.54, 1.807) is 31.7 Å². The Kier molecular flexibility index (Phi) is 6.14. The van der Waals surface area contributed by atoms with Crippen molar-refractivity contribution in [1.29, 1.82) is 0 Å². The van der Waals surface area contributed by atoms with E-state index in [1.807, 2.05) is 7.05 Å². The van der Waals surface area contributed by atoms with Crippen LogP contribution in [0.2, 0.25) is 5.02 Å². The number of nitrogens with one attached hydrogen (secondary N) is 1. The first-order chi connectivity index (χ1) is 11.5. The van der Waals surface area contributed by atoms with Gasteiger partial charge in [0.25, 0.3) is 5.91 Å². The summed E-state index contributed by atoms with van der Waals surface area (Å²) in [5.74, 6) is -0.167. The lowest BCUT2D eigenvalue weighted by Crippen LogP contribution is -2.40. The highest BCUT2D eigenvalue weighted by Crippen LogP contribution is 2.25. The summed E-state index contributed by atoms with van der Waals surface area (Å²) < 4.78 is 27.8. The number of carbonyl (C=O) groups excluding carboxylic acids is 1. The molecule has 0 aromatic heterocycles. The highest BCUT2D eigenvalue weighted by molar-refractivity contribution is 7.89. The predicted molar refractivity (Wildman–Crippen MR) is 99.5 cm³/mol. The van der Waals surface area contributed by atoms with Crippen LogP contribution in [0.25, 0.3) is 0 Å². The number of benzene rings is 1. The molecule has 1 aromatic carbocycles. The number of nitrogens with zero attached hydrogens (tertiary/aromatic N) is 2. The van der Waals surface area contributed by atoms with Crippen LogP contribution in [0.5, 0.6) is 0 Å². The van der Waals surface area contributed by atoms with Gasteiger partial charge in [-0.3, -0.25) is 4.79 Å². The molecule has 1 N–H and O–H groups in total. The van der Waals surface area contributed by atoms with Crippen molar-refractivity contribution in [2.75, 3.05) is 33.2 Å². The number of amides is 1. The van der Waals surface area contributed by atoms with Crippen LogP contribution in [0.15, 0.2) is 23.1 Å². The molecule has 1 amide bonds. The monoisotopic (exact) mass is 387 g/mol. The number of likely N-dealkylation sites (N-methyl/N-ethyl adjacent to an activating group) is 1. The molecule has 0 unspecified atom stereocenters. The molecule has 0 bridgehead atoms. The van der Waals surface area contributed by atoms with E-state index in [1.165, 1.54) is 12.1 Å². The van der Waals surface area contributed by atoms with E-state index in [9.17, 15) is 13.2 Å². The zero-order valence-corrected chi connectivity index (χ0v) is 16.7. The molecular weight excluding hydrogens is 362 g/mol. The SMILES string of the molecule is CN1CCCN(C(=O)c2ccc(Cl)c(S(=O)(=O)NC(C)(C)C)c2)CC1. The van der Waals surface area contributed by atoms with Gasteiger partial charge in [0, 0.05) is 30.7 Å². The highest BCUT2D eigenvalue weighted by Gasteiger charge is 2.26. The van der Waals surface area contributed by atoms with E-state index in [-0.39, 0.29) is 15.8 Å². The minimum Gasteiger partial charge on any atom is -0.337 e. The Morgan fingerprint density at radius 2 is 1.84 bits per heavy atom. The summed E-state index contributed by atoms with van der Waals surface area (Å²) in [6.45, 7) is 8.29. The lowest BCUT2D eigenvalue weighted by Gasteiger charge is -2.22. The van der Waals surface area contributed by atoms with Gasteiger partial charge in [-0.2, -0.15) is 0 Å². The molecule has 1 heterocycles. The van der Waals surface area contributed by atoms with Crippen LogP contribution in [-0.4, -0.2) is 62.9 Å². The van der Waals surface area contributed by atoms with Crippen LogP contribution in [0.3, 0.4) is 0 Å². The summed E-state index contributed by atoms with van der Waals surface area (Å²) >= 11 is 6.09. The second-order valence-corrected chi connectivity index (χ2v) is 9.51. The third-order valence-electron chi connectivity index (χ3n) is 3.91. The Balaban J connectivity index is 2.30. The molecule has 2 rings (SSSR count). The van der Waals surface area contributed by atoms with Gasteiger partial charge in [-0.25, -0.2) is 13.1 Å². The molecule has 0 spiro atoms. The van der Waals surface area contributed by atoms with Gasteiger partial charge >= 0.3 is 0 Å². The molecule has 1 aliphatic rings. The smallest absolute Gasteiger partial charge is 0.253 e. The summed E-state index contributed by atoms with van der Waals surface area (Å²) in [7, 11) is -1.79. The van der Waals surface area contributed by atoms with Crippen molar-refractivity contribution in [2.45, 2.75) is 37.6 Å². The summed E-state index contributed by atoms with van der Waals surface area (Å²) in [5, 5.41) is 0.101. The minimum absolute atomic E-state index is 0.0677. The van der Waals surface area contributed by atoms with Crippen LogP contribution in [0.1, 0.15) is 37.6 Å². The van der Waals surface area contributed by atoms with Gasteiger partial charge in [-0.15, -0.1) is 0 Å². The van der Waals surface area contributed by atoms with E-state index < -0.39 is 15.6 Å². The summed E-state index contributed by atoms with van der Waals surface area (Å²) in [6, 6.07) is 4.42. The molecule has 0 saturated carbocycles. The van der Waals surface area contributed by atoms with Gasteiger partial charge in [0.05, 0.1) is 5.02 Å².